The summed E-state index contributed by atoms with van der Waals surface area (Å²) in [6.45, 7) is 3.38. The quantitative estimate of drug-likeness (QED) is 0.729. The molecule has 0 heterocycles. The van der Waals surface area contributed by atoms with Gasteiger partial charge in [-0.2, -0.15) is 0 Å². The molecule has 1 aromatic rings. The molecule has 18 heavy (non-hydrogen) atoms. The van der Waals surface area contributed by atoms with Crippen LogP contribution < -0.4 is 10.6 Å². The van der Waals surface area contributed by atoms with Crippen LogP contribution in [-0.4, -0.2) is 32.1 Å². The van der Waals surface area contributed by atoms with Crippen LogP contribution in [0.2, 0.25) is 0 Å². The minimum atomic E-state index is -0.350. The van der Waals surface area contributed by atoms with Crippen LogP contribution in [-0.2, 0) is 16.1 Å². The van der Waals surface area contributed by atoms with E-state index in [0.29, 0.717) is 18.7 Å². The average molecular weight is 250 g/mol. The number of esters is 1. The summed E-state index contributed by atoms with van der Waals surface area (Å²) in [5, 5.41) is 5.72. The summed E-state index contributed by atoms with van der Waals surface area (Å²) in [5.41, 5.74) is 1.52. The van der Waals surface area contributed by atoms with Crippen molar-refractivity contribution in [3.63, 3.8) is 0 Å². The van der Waals surface area contributed by atoms with Gasteiger partial charge in [0.2, 0.25) is 5.91 Å². The Bertz CT molecular complexity index is 401. The van der Waals surface area contributed by atoms with Gasteiger partial charge in [-0.1, -0.05) is 12.1 Å². The third kappa shape index (κ3) is 4.55. The highest BCUT2D eigenvalue weighted by atomic mass is 16.5. The van der Waals surface area contributed by atoms with Crippen molar-refractivity contribution >= 4 is 11.9 Å². The lowest BCUT2D eigenvalue weighted by atomic mass is 10.1. The number of hydrogen-bond donors (Lipinski definition) is 2. The van der Waals surface area contributed by atoms with Crippen LogP contribution in [0.15, 0.2) is 24.3 Å². The molecule has 0 aliphatic rings. The van der Waals surface area contributed by atoms with Crippen LogP contribution in [0.3, 0.4) is 0 Å². The van der Waals surface area contributed by atoms with Gasteiger partial charge in [0.1, 0.15) is 0 Å². The third-order valence-electron chi connectivity index (χ3n) is 2.36. The molecule has 0 spiro atoms. The average Bonchev–Trinajstić information content (AvgIpc) is 2.39. The normalized spacial score (nSPS) is 9.89. The number of methoxy groups -OCH3 is 1. The molecule has 98 valence electrons. The van der Waals surface area contributed by atoms with E-state index in [0.717, 1.165) is 5.56 Å². The molecule has 1 amide bonds. The van der Waals surface area contributed by atoms with Gasteiger partial charge in [0.25, 0.3) is 0 Å². The molecule has 1 rings (SSSR count). The summed E-state index contributed by atoms with van der Waals surface area (Å²) < 4.78 is 4.61. The van der Waals surface area contributed by atoms with Crippen molar-refractivity contribution in [1.82, 2.24) is 10.6 Å². The van der Waals surface area contributed by atoms with Crippen molar-refractivity contribution in [3.8, 4) is 0 Å². The van der Waals surface area contributed by atoms with Gasteiger partial charge in [-0.3, -0.25) is 4.79 Å². The Morgan fingerprint density at radius 3 is 2.44 bits per heavy atom. The first kappa shape index (κ1) is 14.2. The van der Waals surface area contributed by atoms with Crippen LogP contribution in [0, 0.1) is 0 Å². The molecule has 0 atom stereocenters. The zero-order valence-corrected chi connectivity index (χ0v) is 10.7. The molecule has 0 aliphatic carbocycles. The minimum Gasteiger partial charge on any atom is -0.465 e. The van der Waals surface area contributed by atoms with Crippen molar-refractivity contribution < 1.29 is 14.3 Å². The minimum absolute atomic E-state index is 0.0244. The Hall–Kier alpha value is -1.88. The highest BCUT2D eigenvalue weighted by Crippen LogP contribution is 2.05. The van der Waals surface area contributed by atoms with Gasteiger partial charge in [-0.25, -0.2) is 4.79 Å². The monoisotopic (exact) mass is 250 g/mol. The molecular formula is C13H18N2O3. The summed E-state index contributed by atoms with van der Waals surface area (Å²) in [6.07, 6.45) is 0. The SMILES string of the molecule is CCNC(=O)CNCc1ccc(C(=O)OC)cc1. The van der Waals surface area contributed by atoms with Crippen molar-refractivity contribution in [2.24, 2.45) is 0 Å². The lowest BCUT2D eigenvalue weighted by Crippen LogP contribution is -2.33. The maximum atomic E-state index is 11.2. The number of hydrogen-bond acceptors (Lipinski definition) is 4. The van der Waals surface area contributed by atoms with Crippen molar-refractivity contribution in [3.05, 3.63) is 35.4 Å². The lowest BCUT2D eigenvalue weighted by Gasteiger charge is -2.06. The number of ether oxygens (including phenoxy) is 1. The van der Waals surface area contributed by atoms with Gasteiger partial charge in [0.05, 0.1) is 19.2 Å². The molecule has 0 bridgehead atoms. The summed E-state index contributed by atoms with van der Waals surface area (Å²) in [5.74, 6) is -0.375. The molecule has 0 unspecified atom stereocenters. The first-order chi connectivity index (χ1) is 8.67. The van der Waals surface area contributed by atoms with E-state index in [-0.39, 0.29) is 18.4 Å². The molecule has 5 nitrogen and oxygen atoms in total. The second-order valence-corrected chi connectivity index (χ2v) is 3.75. The summed E-state index contributed by atoms with van der Waals surface area (Å²) in [6, 6.07) is 7.07. The fourth-order valence-corrected chi connectivity index (χ4v) is 1.46. The Morgan fingerprint density at radius 2 is 1.89 bits per heavy atom. The van der Waals surface area contributed by atoms with E-state index in [1.807, 2.05) is 19.1 Å². The van der Waals surface area contributed by atoms with Gasteiger partial charge in [-0.15, -0.1) is 0 Å². The lowest BCUT2D eigenvalue weighted by molar-refractivity contribution is -0.120. The van der Waals surface area contributed by atoms with Gasteiger partial charge < -0.3 is 15.4 Å². The Morgan fingerprint density at radius 1 is 1.22 bits per heavy atom. The highest BCUT2D eigenvalue weighted by Gasteiger charge is 2.04. The summed E-state index contributed by atoms with van der Waals surface area (Å²) >= 11 is 0. The number of amides is 1. The van der Waals surface area contributed by atoms with Gasteiger partial charge >= 0.3 is 5.97 Å². The number of nitrogens with one attached hydrogen (secondary N) is 2. The molecule has 0 aromatic heterocycles. The zero-order chi connectivity index (χ0) is 13.4. The molecule has 0 aliphatic heterocycles. The van der Waals surface area contributed by atoms with E-state index >= 15 is 0 Å². The third-order valence-corrected chi connectivity index (χ3v) is 2.36. The van der Waals surface area contributed by atoms with Crippen LogP contribution in [0.4, 0.5) is 0 Å². The van der Waals surface area contributed by atoms with Crippen molar-refractivity contribution in [2.45, 2.75) is 13.5 Å². The van der Waals surface area contributed by atoms with Crippen LogP contribution in [0.25, 0.3) is 0 Å². The number of carbonyl (C=O) groups excluding carboxylic acids is 2. The van der Waals surface area contributed by atoms with Crippen LogP contribution in [0.1, 0.15) is 22.8 Å². The molecule has 5 heteroatoms. The second kappa shape index (κ2) is 7.45. The zero-order valence-electron chi connectivity index (χ0n) is 10.7. The van der Waals surface area contributed by atoms with E-state index in [9.17, 15) is 9.59 Å². The number of likely N-dealkylation sites (N-methyl/N-ethyl adjacent to an activating group) is 1. The predicted octanol–water partition coefficient (Wildman–Crippen LogP) is 0.699. The molecule has 0 saturated carbocycles. The molecule has 0 fully saturated rings. The molecule has 0 saturated heterocycles. The molecular weight excluding hydrogens is 232 g/mol. The first-order valence-corrected chi connectivity index (χ1v) is 5.82. The fourth-order valence-electron chi connectivity index (χ4n) is 1.46. The van der Waals surface area contributed by atoms with Gasteiger partial charge in [-0.05, 0) is 24.6 Å². The Labute approximate surface area is 107 Å². The number of rotatable bonds is 6. The Kier molecular flexibility index (Phi) is 5.87. The maximum Gasteiger partial charge on any atom is 0.337 e. The first-order valence-electron chi connectivity index (χ1n) is 5.82. The molecule has 0 radical (unpaired) electrons. The largest absolute Gasteiger partial charge is 0.465 e. The van der Waals surface area contributed by atoms with Crippen LogP contribution in [0.5, 0.6) is 0 Å². The topological polar surface area (TPSA) is 67.4 Å². The molecule has 2 N–H and O–H groups in total. The van der Waals surface area contributed by atoms with E-state index in [1.165, 1.54) is 7.11 Å². The van der Waals surface area contributed by atoms with E-state index < -0.39 is 0 Å². The molecule has 1 aromatic carbocycles. The van der Waals surface area contributed by atoms with Crippen molar-refractivity contribution in [1.29, 1.82) is 0 Å². The van der Waals surface area contributed by atoms with Gasteiger partial charge in [0, 0.05) is 13.1 Å². The maximum absolute atomic E-state index is 11.2. The summed E-state index contributed by atoms with van der Waals surface area (Å²) in [4.78, 5) is 22.4. The fraction of sp³-hybridized carbons (Fsp3) is 0.385. The smallest absolute Gasteiger partial charge is 0.337 e. The van der Waals surface area contributed by atoms with Gasteiger partial charge in [0.15, 0.2) is 0 Å². The number of benzene rings is 1. The second-order valence-electron chi connectivity index (χ2n) is 3.75. The Balaban J connectivity index is 2.40. The standard InChI is InChI=1S/C13H18N2O3/c1-3-15-12(16)9-14-8-10-4-6-11(7-5-10)13(17)18-2/h4-7,14H,3,8-9H2,1-2H3,(H,15,16). The number of carbonyl (C=O) groups is 2. The highest BCUT2D eigenvalue weighted by molar-refractivity contribution is 5.89. The van der Waals surface area contributed by atoms with E-state index in [1.54, 1.807) is 12.1 Å². The summed E-state index contributed by atoms with van der Waals surface area (Å²) in [7, 11) is 1.35. The van der Waals surface area contributed by atoms with Crippen LogP contribution >= 0.6 is 0 Å². The van der Waals surface area contributed by atoms with E-state index in [4.69, 9.17) is 0 Å². The predicted molar refractivity (Wildman–Crippen MR) is 68.2 cm³/mol. The van der Waals surface area contributed by atoms with Crippen molar-refractivity contribution in [2.75, 3.05) is 20.2 Å². The van der Waals surface area contributed by atoms with E-state index in [2.05, 4.69) is 15.4 Å².